The first-order valence-electron chi connectivity index (χ1n) is 23.9. The van der Waals surface area contributed by atoms with Crippen LogP contribution in [-0.4, -0.2) is 60.5 Å². The fourth-order valence-corrected chi connectivity index (χ4v) is 7.71. The van der Waals surface area contributed by atoms with Gasteiger partial charge in [0, 0.05) is 32.2 Å². The van der Waals surface area contributed by atoms with E-state index in [1.807, 2.05) is 12.2 Å². The second-order valence-electron chi connectivity index (χ2n) is 16.4. The lowest BCUT2D eigenvalue weighted by Gasteiger charge is -2.20. The first-order chi connectivity index (χ1) is 29.5. The maximum atomic E-state index is 12.7. The van der Waals surface area contributed by atoms with Crippen LogP contribution in [0.1, 0.15) is 197 Å². The first-order valence-corrected chi connectivity index (χ1v) is 25.4. The number of furan rings is 1. The van der Waals surface area contributed by atoms with Crippen molar-refractivity contribution in [3.63, 3.8) is 0 Å². The summed E-state index contributed by atoms with van der Waals surface area (Å²) in [7, 11) is -4.43. The van der Waals surface area contributed by atoms with Crippen LogP contribution in [0.15, 0.2) is 40.9 Å². The van der Waals surface area contributed by atoms with Gasteiger partial charge in [0.1, 0.15) is 18.1 Å². The summed E-state index contributed by atoms with van der Waals surface area (Å²) >= 11 is 0. The Morgan fingerprint density at radius 2 is 1.25 bits per heavy atom. The Bertz CT molecular complexity index is 1390. The molecule has 0 spiro atoms. The normalized spacial score (nSPS) is 14.0. The van der Waals surface area contributed by atoms with Crippen LogP contribution in [0.4, 0.5) is 0 Å². The SMILES string of the molecule is CCCCCCCC/C=C/C/C=C/C=C/C(O)CCCC(=O)OC[C@H](COP(=O)(O)OCCN)OC(=O)CCCCCCCCCCCCc1oc(CCCCC)c(C)c1C. The van der Waals surface area contributed by atoms with Gasteiger partial charge >= 0.3 is 19.8 Å². The number of phosphoric acid groups is 1. The molecular weight excluding hydrogens is 794 g/mol. The van der Waals surface area contributed by atoms with Crippen LogP contribution in [-0.2, 0) is 45.5 Å². The second-order valence-corrected chi connectivity index (χ2v) is 17.9. The van der Waals surface area contributed by atoms with E-state index in [2.05, 4.69) is 39.8 Å². The van der Waals surface area contributed by atoms with Crippen molar-refractivity contribution in [2.24, 2.45) is 5.73 Å². The van der Waals surface area contributed by atoms with Gasteiger partial charge in [-0.15, -0.1) is 0 Å². The van der Waals surface area contributed by atoms with Gasteiger partial charge in [-0.25, -0.2) is 4.57 Å². The molecule has 1 rings (SSSR count). The van der Waals surface area contributed by atoms with Gasteiger partial charge in [-0.3, -0.25) is 18.6 Å². The molecule has 3 atom stereocenters. The molecular formula is C49H86NO10P. The molecule has 12 heteroatoms. The topological polar surface area (TPSA) is 168 Å². The van der Waals surface area contributed by atoms with Crippen LogP contribution >= 0.6 is 7.82 Å². The summed E-state index contributed by atoms with van der Waals surface area (Å²) in [5.41, 5.74) is 8.03. The summed E-state index contributed by atoms with van der Waals surface area (Å²) < 4.78 is 39.0. The van der Waals surface area contributed by atoms with Gasteiger partial charge in [-0.1, -0.05) is 147 Å². The lowest BCUT2D eigenvalue weighted by molar-refractivity contribution is -0.161. The Balaban J connectivity index is 2.28. The Labute approximate surface area is 370 Å². The van der Waals surface area contributed by atoms with Gasteiger partial charge in [0.2, 0.25) is 0 Å². The van der Waals surface area contributed by atoms with E-state index in [-0.39, 0.29) is 32.6 Å². The van der Waals surface area contributed by atoms with E-state index < -0.39 is 38.6 Å². The number of carbonyl (C=O) groups excluding carboxylic acids is 2. The van der Waals surface area contributed by atoms with Gasteiger partial charge in [0.15, 0.2) is 6.10 Å². The molecule has 1 heterocycles. The number of ether oxygens (including phenoxy) is 2. The highest BCUT2D eigenvalue weighted by Gasteiger charge is 2.26. The molecule has 0 fully saturated rings. The maximum absolute atomic E-state index is 12.7. The quantitative estimate of drug-likeness (QED) is 0.0188. The summed E-state index contributed by atoms with van der Waals surface area (Å²) in [6, 6.07) is 0. The lowest BCUT2D eigenvalue weighted by Crippen LogP contribution is -2.29. The predicted molar refractivity (Wildman–Crippen MR) is 247 cm³/mol. The standard InChI is InChI=1S/C49H86NO10P/c1-5-7-9-10-11-12-13-14-15-18-21-24-28-32-44(51)33-31-37-48(52)56-40-45(41-58-61(54,55)57-39-38-50)59-49(53)36-30-26-23-20-17-16-19-22-25-29-35-47-43(4)42(3)46(60-47)34-27-8-6-2/h14-15,21,24,28,32,44-45,51H,5-13,16-20,22-23,25-27,29-31,33-41,50H2,1-4H3,(H,54,55)/b15-14+,24-21+,32-28+/t44?,45-/m1/s1. The summed E-state index contributed by atoms with van der Waals surface area (Å²) in [5.74, 6) is 1.32. The van der Waals surface area contributed by atoms with Crippen LogP contribution in [0.25, 0.3) is 0 Å². The molecule has 61 heavy (non-hydrogen) atoms. The number of hydrogen-bond acceptors (Lipinski definition) is 10. The summed E-state index contributed by atoms with van der Waals surface area (Å²) in [6.45, 7) is 7.84. The van der Waals surface area contributed by atoms with Crippen LogP contribution < -0.4 is 5.73 Å². The average molecular weight is 880 g/mol. The number of rotatable bonds is 41. The van der Waals surface area contributed by atoms with E-state index in [1.165, 1.54) is 113 Å². The Morgan fingerprint density at radius 1 is 0.689 bits per heavy atom. The average Bonchev–Trinajstić information content (AvgIpc) is 3.50. The second kappa shape index (κ2) is 38.0. The van der Waals surface area contributed by atoms with Crippen LogP contribution in [0.3, 0.4) is 0 Å². The molecule has 0 aliphatic heterocycles. The number of carbonyl (C=O) groups is 2. The molecule has 0 aromatic carbocycles. The molecule has 1 aromatic heterocycles. The fraction of sp³-hybridized carbons (Fsp3) is 0.755. The maximum Gasteiger partial charge on any atom is 0.472 e. The third-order valence-corrected chi connectivity index (χ3v) is 11.8. The zero-order valence-corrected chi connectivity index (χ0v) is 39.6. The number of unbranched alkanes of at least 4 members (excludes halogenated alkanes) is 17. The Hall–Kier alpha value is -2.53. The van der Waals surface area contributed by atoms with E-state index >= 15 is 0 Å². The highest BCUT2D eigenvalue weighted by molar-refractivity contribution is 7.47. The van der Waals surface area contributed by atoms with Gasteiger partial charge in [0.25, 0.3) is 0 Å². The summed E-state index contributed by atoms with van der Waals surface area (Å²) in [5, 5.41) is 10.3. The Morgan fingerprint density at radius 3 is 1.89 bits per heavy atom. The van der Waals surface area contributed by atoms with Crippen molar-refractivity contribution in [2.75, 3.05) is 26.4 Å². The number of aliphatic hydroxyl groups excluding tert-OH is 1. The van der Waals surface area contributed by atoms with Crippen LogP contribution in [0.2, 0.25) is 0 Å². The minimum absolute atomic E-state index is 0.0226. The Kier molecular flexibility index (Phi) is 35.2. The van der Waals surface area contributed by atoms with Crippen LogP contribution in [0.5, 0.6) is 0 Å². The van der Waals surface area contributed by atoms with Crippen molar-refractivity contribution >= 4 is 19.8 Å². The highest BCUT2D eigenvalue weighted by atomic mass is 31.2. The highest BCUT2D eigenvalue weighted by Crippen LogP contribution is 2.43. The van der Waals surface area contributed by atoms with Crippen molar-refractivity contribution in [2.45, 2.75) is 213 Å². The number of nitrogens with two attached hydrogens (primary N) is 1. The van der Waals surface area contributed by atoms with Crippen molar-refractivity contribution in [3.05, 3.63) is 59.1 Å². The molecule has 0 radical (unpaired) electrons. The largest absolute Gasteiger partial charge is 0.472 e. The van der Waals surface area contributed by atoms with E-state index in [1.54, 1.807) is 12.2 Å². The van der Waals surface area contributed by atoms with Gasteiger partial charge in [-0.2, -0.15) is 0 Å². The van der Waals surface area contributed by atoms with Crippen molar-refractivity contribution in [1.82, 2.24) is 0 Å². The first kappa shape index (κ1) is 56.5. The summed E-state index contributed by atoms with van der Waals surface area (Å²) in [6.07, 6.45) is 37.4. The molecule has 0 bridgehead atoms. The zero-order valence-electron chi connectivity index (χ0n) is 38.7. The number of hydrogen-bond donors (Lipinski definition) is 3. The monoisotopic (exact) mass is 880 g/mol. The molecule has 4 N–H and O–H groups in total. The molecule has 11 nitrogen and oxygen atoms in total. The molecule has 0 amide bonds. The van der Waals surface area contributed by atoms with E-state index in [0.29, 0.717) is 19.3 Å². The molecule has 352 valence electrons. The van der Waals surface area contributed by atoms with Gasteiger partial charge in [-0.05, 0) is 76.3 Å². The zero-order chi connectivity index (χ0) is 44.8. The molecule has 0 saturated heterocycles. The number of phosphoric ester groups is 1. The number of esters is 2. The predicted octanol–water partition coefficient (Wildman–Crippen LogP) is 12.4. The molecule has 0 saturated carbocycles. The van der Waals surface area contributed by atoms with Crippen LogP contribution in [0, 0.1) is 13.8 Å². The van der Waals surface area contributed by atoms with E-state index in [4.69, 9.17) is 28.7 Å². The molecule has 0 aliphatic carbocycles. The third-order valence-electron chi connectivity index (χ3n) is 10.8. The van der Waals surface area contributed by atoms with E-state index in [9.17, 15) is 24.2 Å². The van der Waals surface area contributed by atoms with Crippen molar-refractivity contribution < 1.29 is 47.1 Å². The number of aryl methyl sites for hydroxylation is 2. The van der Waals surface area contributed by atoms with Crippen molar-refractivity contribution in [1.29, 1.82) is 0 Å². The number of aliphatic hydroxyl groups is 1. The third kappa shape index (κ3) is 31.9. The smallest absolute Gasteiger partial charge is 0.466 e. The van der Waals surface area contributed by atoms with Gasteiger partial charge in [0.05, 0.1) is 19.3 Å². The van der Waals surface area contributed by atoms with Gasteiger partial charge < -0.3 is 29.6 Å². The lowest BCUT2D eigenvalue weighted by atomic mass is 10.0. The fourth-order valence-electron chi connectivity index (χ4n) is 6.94. The minimum atomic E-state index is -4.43. The molecule has 0 aliphatic rings. The van der Waals surface area contributed by atoms with Crippen molar-refractivity contribution in [3.8, 4) is 0 Å². The number of allylic oxidation sites excluding steroid dienone is 5. The molecule has 2 unspecified atom stereocenters. The molecule has 1 aromatic rings. The summed E-state index contributed by atoms with van der Waals surface area (Å²) in [4.78, 5) is 35.1. The van der Waals surface area contributed by atoms with E-state index in [0.717, 1.165) is 51.4 Å². The minimum Gasteiger partial charge on any atom is -0.466 e.